The van der Waals surface area contributed by atoms with E-state index in [-0.39, 0.29) is 18.0 Å². The summed E-state index contributed by atoms with van der Waals surface area (Å²) in [6.07, 6.45) is 0.362. The van der Waals surface area contributed by atoms with Gasteiger partial charge in [0.05, 0.1) is 25.8 Å². The number of guanidine groups is 1. The number of benzene rings is 1. The maximum absolute atomic E-state index is 11.8. The summed E-state index contributed by atoms with van der Waals surface area (Å²) in [7, 11) is 0. The highest BCUT2D eigenvalue weighted by Gasteiger charge is 2.12. The van der Waals surface area contributed by atoms with Gasteiger partial charge in [0.25, 0.3) is 0 Å². The van der Waals surface area contributed by atoms with Gasteiger partial charge in [0.2, 0.25) is 5.91 Å². The fourth-order valence-corrected chi connectivity index (χ4v) is 2.61. The number of hydrogen-bond acceptors (Lipinski definition) is 4. The van der Waals surface area contributed by atoms with Crippen molar-refractivity contribution in [2.45, 2.75) is 60.0 Å². The molecule has 28 heavy (non-hydrogen) atoms. The number of hydrogen-bond donors (Lipinski definition) is 3. The second-order valence-electron chi connectivity index (χ2n) is 6.67. The number of nitrogens with one attached hydrogen (secondary N) is 3. The van der Waals surface area contributed by atoms with Crippen molar-refractivity contribution in [2.24, 2.45) is 4.99 Å². The van der Waals surface area contributed by atoms with Crippen molar-refractivity contribution in [3.05, 3.63) is 23.8 Å². The smallest absolute Gasteiger partial charge is 0.222 e. The molecule has 0 radical (unpaired) electrons. The number of aliphatic imine (C=N–C) groups is 1. The van der Waals surface area contributed by atoms with Crippen LogP contribution in [0.4, 0.5) is 0 Å². The summed E-state index contributed by atoms with van der Waals surface area (Å²) in [5.41, 5.74) is 1.06. The zero-order chi connectivity index (χ0) is 20.9. The summed E-state index contributed by atoms with van der Waals surface area (Å²) in [6, 6.07) is 6.10. The highest BCUT2D eigenvalue weighted by molar-refractivity contribution is 5.81. The summed E-state index contributed by atoms with van der Waals surface area (Å²) >= 11 is 0. The third kappa shape index (κ3) is 8.50. The van der Waals surface area contributed by atoms with Crippen molar-refractivity contribution in [3.8, 4) is 11.5 Å². The topological polar surface area (TPSA) is 84.0 Å². The van der Waals surface area contributed by atoms with E-state index in [2.05, 4.69) is 27.9 Å². The molecule has 1 aromatic carbocycles. The van der Waals surface area contributed by atoms with E-state index in [1.165, 1.54) is 0 Å². The van der Waals surface area contributed by atoms with Crippen molar-refractivity contribution in [1.29, 1.82) is 0 Å². The summed E-state index contributed by atoms with van der Waals surface area (Å²) in [4.78, 5) is 16.3. The zero-order valence-electron chi connectivity index (χ0n) is 18.1. The molecule has 1 atom stereocenters. The molecule has 1 amide bonds. The van der Waals surface area contributed by atoms with E-state index in [1.54, 1.807) is 0 Å². The molecule has 1 aromatic rings. The van der Waals surface area contributed by atoms with E-state index < -0.39 is 0 Å². The highest BCUT2D eigenvalue weighted by atomic mass is 16.5. The van der Waals surface area contributed by atoms with Crippen LogP contribution in [-0.4, -0.2) is 44.2 Å². The first kappa shape index (κ1) is 23.6. The minimum Gasteiger partial charge on any atom is -0.490 e. The lowest BCUT2D eigenvalue weighted by Gasteiger charge is -2.20. The van der Waals surface area contributed by atoms with Gasteiger partial charge in [0, 0.05) is 19.0 Å². The van der Waals surface area contributed by atoms with Gasteiger partial charge in [0.15, 0.2) is 17.5 Å². The molecule has 0 aliphatic carbocycles. The van der Waals surface area contributed by atoms with Crippen molar-refractivity contribution in [1.82, 2.24) is 16.0 Å². The second-order valence-corrected chi connectivity index (χ2v) is 6.67. The first-order chi connectivity index (χ1) is 13.4. The average Bonchev–Trinajstić information content (AvgIpc) is 2.63. The number of amides is 1. The number of carbonyl (C=O) groups is 1. The predicted molar refractivity (Wildman–Crippen MR) is 114 cm³/mol. The Hall–Kier alpha value is -2.44. The average molecular weight is 393 g/mol. The van der Waals surface area contributed by atoms with Crippen LogP contribution in [0.1, 0.15) is 59.6 Å². The maximum atomic E-state index is 11.8. The Labute approximate surface area is 169 Å². The van der Waals surface area contributed by atoms with E-state index in [1.807, 2.05) is 52.8 Å². The molecular formula is C21H36N4O3. The van der Waals surface area contributed by atoms with Crippen LogP contribution in [0.15, 0.2) is 23.2 Å². The number of rotatable bonds is 11. The lowest BCUT2D eigenvalue weighted by molar-refractivity contribution is -0.121. The molecule has 158 valence electrons. The molecule has 0 aromatic heterocycles. The Morgan fingerprint density at radius 2 is 1.71 bits per heavy atom. The SMILES string of the molecule is CCNC(=NCCC(=O)NC(C)C)NC(C)c1ccc(OCC)c(OCC)c1. The minimum absolute atomic E-state index is 0.00974. The van der Waals surface area contributed by atoms with E-state index in [9.17, 15) is 4.79 Å². The van der Waals surface area contributed by atoms with Gasteiger partial charge in [-0.15, -0.1) is 0 Å². The van der Waals surface area contributed by atoms with Crippen LogP contribution in [-0.2, 0) is 4.79 Å². The van der Waals surface area contributed by atoms with E-state index in [4.69, 9.17) is 9.47 Å². The molecule has 0 heterocycles. The predicted octanol–water partition coefficient (Wildman–Crippen LogP) is 3.01. The van der Waals surface area contributed by atoms with Crippen LogP contribution in [0.5, 0.6) is 11.5 Å². The Morgan fingerprint density at radius 3 is 2.32 bits per heavy atom. The maximum Gasteiger partial charge on any atom is 0.222 e. The molecular weight excluding hydrogens is 356 g/mol. The summed E-state index contributed by atoms with van der Waals surface area (Å²) < 4.78 is 11.3. The van der Waals surface area contributed by atoms with Crippen LogP contribution in [0.25, 0.3) is 0 Å². The molecule has 0 aliphatic rings. The number of nitrogens with zero attached hydrogens (tertiary/aromatic N) is 1. The summed E-state index contributed by atoms with van der Waals surface area (Å²) in [5, 5.41) is 9.47. The molecule has 0 bridgehead atoms. The van der Waals surface area contributed by atoms with Gasteiger partial charge in [-0.05, 0) is 59.2 Å². The molecule has 0 saturated heterocycles. The van der Waals surface area contributed by atoms with E-state index in [0.717, 1.165) is 23.6 Å². The monoisotopic (exact) mass is 392 g/mol. The number of ether oxygens (including phenoxy) is 2. The molecule has 7 nitrogen and oxygen atoms in total. The van der Waals surface area contributed by atoms with Gasteiger partial charge in [-0.2, -0.15) is 0 Å². The van der Waals surface area contributed by atoms with E-state index >= 15 is 0 Å². The van der Waals surface area contributed by atoms with Gasteiger partial charge in [-0.25, -0.2) is 0 Å². The first-order valence-corrected chi connectivity index (χ1v) is 10.1. The van der Waals surface area contributed by atoms with Crippen molar-refractivity contribution < 1.29 is 14.3 Å². The van der Waals surface area contributed by atoms with Crippen molar-refractivity contribution in [3.63, 3.8) is 0 Å². The largest absolute Gasteiger partial charge is 0.490 e. The second kappa shape index (κ2) is 12.9. The molecule has 1 rings (SSSR count). The fraction of sp³-hybridized carbons (Fsp3) is 0.619. The van der Waals surface area contributed by atoms with Crippen molar-refractivity contribution in [2.75, 3.05) is 26.3 Å². The number of carbonyl (C=O) groups excluding carboxylic acids is 1. The van der Waals surface area contributed by atoms with Gasteiger partial charge in [-0.1, -0.05) is 6.07 Å². The third-order valence-corrected chi connectivity index (χ3v) is 3.82. The Kier molecular flexibility index (Phi) is 10.8. The molecule has 7 heteroatoms. The highest BCUT2D eigenvalue weighted by Crippen LogP contribution is 2.30. The molecule has 0 saturated carbocycles. The standard InChI is InChI=1S/C21H36N4O3/c1-7-22-21(23-13-12-20(26)24-15(4)5)25-16(6)17-10-11-18(27-8-2)19(14-17)28-9-3/h10-11,14-16H,7-9,12-13H2,1-6H3,(H,24,26)(H2,22,23,25). The quantitative estimate of drug-likeness (QED) is 0.398. The minimum atomic E-state index is 0.00974. The first-order valence-electron chi connectivity index (χ1n) is 10.1. The molecule has 3 N–H and O–H groups in total. The van der Waals surface area contributed by atoms with Crippen LogP contribution in [0, 0.1) is 0 Å². The van der Waals surface area contributed by atoms with Gasteiger partial charge in [-0.3, -0.25) is 9.79 Å². The lowest BCUT2D eigenvalue weighted by atomic mass is 10.1. The Morgan fingerprint density at radius 1 is 1.04 bits per heavy atom. The molecule has 1 unspecified atom stereocenters. The van der Waals surface area contributed by atoms with Crippen LogP contribution in [0.2, 0.25) is 0 Å². The van der Waals surface area contributed by atoms with Crippen LogP contribution >= 0.6 is 0 Å². The summed E-state index contributed by atoms with van der Waals surface area (Å²) in [6.45, 7) is 14.2. The zero-order valence-corrected chi connectivity index (χ0v) is 18.1. The van der Waals surface area contributed by atoms with Gasteiger partial charge >= 0.3 is 0 Å². The van der Waals surface area contributed by atoms with Crippen LogP contribution in [0.3, 0.4) is 0 Å². The molecule has 0 aliphatic heterocycles. The van der Waals surface area contributed by atoms with Gasteiger partial charge < -0.3 is 25.4 Å². The lowest BCUT2D eigenvalue weighted by Crippen LogP contribution is -2.39. The molecule has 0 spiro atoms. The van der Waals surface area contributed by atoms with E-state index in [0.29, 0.717) is 32.1 Å². The molecule has 0 fully saturated rings. The normalized spacial score (nSPS) is 12.5. The Bertz CT molecular complexity index is 632. The Balaban J connectivity index is 2.79. The third-order valence-electron chi connectivity index (χ3n) is 3.82. The summed E-state index contributed by atoms with van der Waals surface area (Å²) in [5.74, 6) is 2.18. The fourth-order valence-electron chi connectivity index (χ4n) is 2.61. The van der Waals surface area contributed by atoms with Crippen molar-refractivity contribution >= 4 is 11.9 Å². The van der Waals surface area contributed by atoms with Gasteiger partial charge in [0.1, 0.15) is 0 Å². The van der Waals surface area contributed by atoms with Crippen LogP contribution < -0.4 is 25.4 Å².